The number of benzene rings is 2. The molecule has 1 N–H and O–H groups in total. The summed E-state index contributed by atoms with van der Waals surface area (Å²) in [5.74, 6) is -2.26. The van der Waals surface area contributed by atoms with Crippen molar-refractivity contribution in [2.45, 2.75) is 0 Å². The molecule has 0 saturated carbocycles. The third kappa shape index (κ3) is 7.34. The van der Waals surface area contributed by atoms with Gasteiger partial charge in [-0.15, -0.1) is 0 Å². The summed E-state index contributed by atoms with van der Waals surface area (Å²) in [6.07, 6.45) is 0. The van der Waals surface area contributed by atoms with Crippen LogP contribution in [0.15, 0.2) is 60.7 Å². The van der Waals surface area contributed by atoms with E-state index in [4.69, 9.17) is 4.16 Å². The van der Waals surface area contributed by atoms with E-state index in [1.807, 2.05) is 0 Å². The van der Waals surface area contributed by atoms with Crippen LogP contribution in [0.1, 0.15) is 20.7 Å². The van der Waals surface area contributed by atoms with E-state index in [0.29, 0.717) is 0 Å². The Morgan fingerprint density at radius 2 is 0.950 bits per heavy atom. The normalized spacial score (nSPS) is 8.35. The monoisotopic (exact) mass is 286 g/mol. The Hall–Kier alpha value is -2.13. The summed E-state index contributed by atoms with van der Waals surface area (Å²) in [5, 5.41) is 20.2. The standard InChI is InChI=1S/2C7H6O2.Al.H2O/c2*8-7(9)6-4-2-1-3-5-6;;/h2*1-5H,(H,8,9);;1H2/q;;+3;/p-3. The fraction of sp³-hybridized carbons (Fsp3) is 0. The maximum atomic E-state index is 10.1. The Labute approximate surface area is 124 Å². The molecule has 0 aliphatic rings. The van der Waals surface area contributed by atoms with Gasteiger partial charge in [-0.05, 0) is 11.1 Å². The summed E-state index contributed by atoms with van der Waals surface area (Å²) < 4.78 is 6.92. The van der Waals surface area contributed by atoms with Crippen LogP contribution in [-0.2, 0) is 0 Å². The molecule has 2 aromatic carbocycles. The van der Waals surface area contributed by atoms with Crippen molar-refractivity contribution in [2.75, 3.05) is 0 Å². The van der Waals surface area contributed by atoms with Crippen LogP contribution in [-0.4, -0.2) is 32.7 Å². The Kier molecular flexibility index (Phi) is 9.62. The minimum atomic E-state index is -1.13. The van der Waals surface area contributed by atoms with Crippen molar-refractivity contribution in [2.24, 2.45) is 0 Å². The predicted molar refractivity (Wildman–Crippen MR) is 69.5 cm³/mol. The zero-order valence-corrected chi connectivity index (χ0v) is 11.6. The molecule has 0 radical (unpaired) electrons. The third-order valence-corrected chi connectivity index (χ3v) is 2.02. The molecule has 0 amide bonds. The summed E-state index contributed by atoms with van der Waals surface area (Å²) in [6, 6.07) is 16.1. The van der Waals surface area contributed by atoms with Gasteiger partial charge in [0.25, 0.3) is 0 Å². The number of rotatable bonds is 2. The van der Waals surface area contributed by atoms with Gasteiger partial charge < -0.3 is 19.8 Å². The summed E-state index contributed by atoms with van der Waals surface area (Å²) in [5.41, 5.74) is 0.440. The molecule has 0 unspecified atom stereocenters. The van der Waals surface area contributed by atoms with Crippen molar-refractivity contribution in [1.82, 2.24) is 0 Å². The molecule has 2 aromatic rings. The van der Waals surface area contributed by atoms with Crippen molar-refractivity contribution in [3.63, 3.8) is 0 Å². The summed E-state index contributed by atoms with van der Waals surface area (Å²) in [7, 11) is 0. The second kappa shape index (κ2) is 10.8. The molecule has 0 fully saturated rings. The van der Waals surface area contributed by atoms with Gasteiger partial charge in [0.2, 0.25) is 0 Å². The van der Waals surface area contributed by atoms with E-state index in [1.54, 1.807) is 36.4 Å². The van der Waals surface area contributed by atoms with Crippen LogP contribution >= 0.6 is 0 Å². The number of carbonyl (C=O) groups excluding carboxylic acids is 2. The van der Waals surface area contributed by atoms with E-state index < -0.39 is 11.9 Å². The van der Waals surface area contributed by atoms with Gasteiger partial charge in [0, 0.05) is 0 Å². The number of carboxylic acids is 2. The molecule has 5 nitrogen and oxygen atoms in total. The average Bonchev–Trinajstić information content (AvgIpc) is 2.51. The Balaban J connectivity index is 0.000000321. The van der Waals surface area contributed by atoms with Gasteiger partial charge in [-0.3, -0.25) is 0 Å². The molecule has 100 valence electrons. The van der Waals surface area contributed by atoms with E-state index in [2.05, 4.69) is 0 Å². The molecule has 0 heterocycles. The first-order valence-electron chi connectivity index (χ1n) is 5.40. The van der Waals surface area contributed by atoms with Crippen LogP contribution < -0.4 is 10.2 Å². The molecule has 0 saturated heterocycles. The Morgan fingerprint density at radius 1 is 0.700 bits per heavy atom. The van der Waals surface area contributed by atoms with Gasteiger partial charge in [-0.25, -0.2) is 0 Å². The first-order valence-corrected chi connectivity index (χ1v) is 5.91. The zero-order chi connectivity index (χ0) is 15.4. The van der Waals surface area contributed by atoms with E-state index in [-0.39, 0.29) is 11.1 Å². The number of aromatic carboxylic acids is 2. The first kappa shape index (κ1) is 17.9. The van der Waals surface area contributed by atoms with Gasteiger partial charge in [0.1, 0.15) is 0 Å². The van der Waals surface area contributed by atoms with Gasteiger partial charge >= 0.3 is 20.8 Å². The molecular formula is C14H11AlO5. The molecule has 2 rings (SSSR count). The number of hydrogen-bond donors (Lipinski definition) is 1. The molecule has 0 bridgehead atoms. The topological polar surface area (TPSA) is 100 Å². The van der Waals surface area contributed by atoms with Crippen molar-refractivity contribution < 1.29 is 24.0 Å². The van der Waals surface area contributed by atoms with Gasteiger partial charge in [0.15, 0.2) is 0 Å². The van der Waals surface area contributed by atoms with Gasteiger partial charge in [0.05, 0.1) is 11.9 Å². The van der Waals surface area contributed by atoms with Crippen LogP contribution in [0.4, 0.5) is 0 Å². The third-order valence-electron chi connectivity index (χ3n) is 2.02. The molecule has 0 aromatic heterocycles. The molecule has 6 heteroatoms. The van der Waals surface area contributed by atoms with E-state index in [9.17, 15) is 19.8 Å². The van der Waals surface area contributed by atoms with Crippen molar-refractivity contribution in [3.8, 4) is 0 Å². The Bertz CT molecular complexity index is 464. The fourth-order valence-corrected chi connectivity index (χ4v) is 1.15. The molecule has 0 aliphatic carbocycles. The van der Waals surface area contributed by atoms with E-state index in [1.165, 1.54) is 40.9 Å². The summed E-state index contributed by atoms with van der Waals surface area (Å²) >= 11 is 1.42. The van der Waals surface area contributed by atoms with Crippen molar-refractivity contribution >= 4 is 28.6 Å². The molecule has 0 atom stereocenters. The van der Waals surface area contributed by atoms with E-state index in [0.717, 1.165) is 0 Å². The number of carbonyl (C=O) groups is 2. The molecular weight excluding hydrogens is 275 g/mol. The number of hydrogen-bond acceptors (Lipinski definition) is 5. The first-order chi connectivity index (χ1) is 9.61. The maximum absolute atomic E-state index is 10.1. The van der Waals surface area contributed by atoms with Gasteiger partial charge in [-0.1, -0.05) is 60.7 Å². The van der Waals surface area contributed by atoms with Crippen molar-refractivity contribution in [3.05, 3.63) is 71.8 Å². The van der Waals surface area contributed by atoms with Crippen LogP contribution in [0.3, 0.4) is 0 Å². The summed E-state index contributed by atoms with van der Waals surface area (Å²) in [4.78, 5) is 20.2. The van der Waals surface area contributed by atoms with Crippen molar-refractivity contribution in [1.29, 1.82) is 0 Å². The SMILES string of the molecule is O=C([O-])c1ccccc1.O=C([O-])c1ccccc1.[OH][Al+2]. The number of carboxylic acid groups (broad SMARTS) is 2. The molecule has 0 spiro atoms. The second-order valence-electron chi connectivity index (χ2n) is 3.31. The zero-order valence-electron chi connectivity index (χ0n) is 10.4. The second-order valence-corrected chi connectivity index (χ2v) is 3.31. The fourth-order valence-electron chi connectivity index (χ4n) is 1.15. The average molecular weight is 286 g/mol. The van der Waals surface area contributed by atoms with E-state index >= 15 is 0 Å². The quantitative estimate of drug-likeness (QED) is 0.726. The Morgan fingerprint density at radius 3 is 1.10 bits per heavy atom. The molecule has 20 heavy (non-hydrogen) atoms. The minimum absolute atomic E-state index is 0.220. The molecule has 0 aliphatic heterocycles. The summed E-state index contributed by atoms with van der Waals surface area (Å²) in [6.45, 7) is 0. The van der Waals surface area contributed by atoms with Crippen LogP contribution in [0.25, 0.3) is 0 Å². The van der Waals surface area contributed by atoms with Crippen LogP contribution in [0.5, 0.6) is 0 Å². The van der Waals surface area contributed by atoms with Crippen LogP contribution in [0.2, 0.25) is 0 Å². The van der Waals surface area contributed by atoms with Crippen LogP contribution in [0, 0.1) is 0 Å². The van der Waals surface area contributed by atoms with Gasteiger partial charge in [-0.2, -0.15) is 0 Å². The predicted octanol–water partition coefficient (Wildman–Crippen LogP) is -0.838.